The summed E-state index contributed by atoms with van der Waals surface area (Å²) in [5.41, 5.74) is 1.43. The van der Waals surface area contributed by atoms with E-state index >= 15 is 0 Å². The van der Waals surface area contributed by atoms with E-state index in [0.717, 1.165) is 21.8 Å². The fourth-order valence-electron chi connectivity index (χ4n) is 2.23. The molecule has 3 rings (SSSR count). The van der Waals surface area contributed by atoms with E-state index in [2.05, 4.69) is 15.3 Å². The van der Waals surface area contributed by atoms with E-state index in [1.54, 1.807) is 23.1 Å². The molecule has 3 aromatic rings. The van der Waals surface area contributed by atoms with Gasteiger partial charge in [0.2, 0.25) is 20.0 Å². The molecule has 2 aromatic heterocycles. The predicted octanol–water partition coefficient (Wildman–Crippen LogP) is 0.367. The van der Waals surface area contributed by atoms with Crippen molar-refractivity contribution in [3.8, 4) is 0 Å². The van der Waals surface area contributed by atoms with E-state index in [9.17, 15) is 18.0 Å². The summed E-state index contributed by atoms with van der Waals surface area (Å²) in [6.07, 6.45) is 3.29. The quantitative estimate of drug-likeness (QED) is 0.556. The van der Waals surface area contributed by atoms with Crippen LogP contribution < -0.4 is 0 Å². The van der Waals surface area contributed by atoms with Gasteiger partial charge in [-0.3, -0.25) is 9.59 Å². The Morgan fingerprint density at radius 2 is 2.04 bits per heavy atom. The molecule has 0 aliphatic rings. The normalized spacial score (nSPS) is 11.6. The molecule has 11 heteroatoms. The van der Waals surface area contributed by atoms with E-state index in [4.69, 9.17) is 0 Å². The number of thiazole rings is 1. The Labute approximate surface area is 153 Å². The highest BCUT2D eigenvalue weighted by Gasteiger charge is 2.28. The monoisotopic (exact) mass is 393 g/mol. The molecule has 0 spiro atoms. The number of ketones is 1. The summed E-state index contributed by atoms with van der Waals surface area (Å²) in [7, 11) is -1.20. The molecule has 0 atom stereocenters. The van der Waals surface area contributed by atoms with Crippen molar-refractivity contribution in [3.63, 3.8) is 0 Å². The largest absolute Gasteiger partial charge is 0.342 e. The number of hydrogen-bond donors (Lipinski definition) is 0. The van der Waals surface area contributed by atoms with Gasteiger partial charge in [-0.25, -0.2) is 18.1 Å². The van der Waals surface area contributed by atoms with E-state index < -0.39 is 27.3 Å². The zero-order chi connectivity index (χ0) is 18.9. The molecule has 0 saturated carbocycles. The lowest BCUT2D eigenvalue weighted by atomic mass is 10.2. The average molecular weight is 393 g/mol. The van der Waals surface area contributed by atoms with Crippen molar-refractivity contribution >= 4 is 43.1 Å². The van der Waals surface area contributed by atoms with Crippen molar-refractivity contribution < 1.29 is 18.0 Å². The number of benzene rings is 1. The first-order valence-corrected chi connectivity index (χ1v) is 9.94. The first-order chi connectivity index (χ1) is 12.3. The van der Waals surface area contributed by atoms with Crippen LogP contribution >= 0.6 is 11.3 Å². The van der Waals surface area contributed by atoms with Gasteiger partial charge < -0.3 is 4.90 Å². The highest BCUT2D eigenvalue weighted by Crippen LogP contribution is 2.27. The average Bonchev–Trinajstić information content (AvgIpc) is 3.22. The van der Waals surface area contributed by atoms with Gasteiger partial charge in [0.05, 0.1) is 23.0 Å². The Morgan fingerprint density at radius 3 is 2.69 bits per heavy atom. The van der Waals surface area contributed by atoms with Gasteiger partial charge in [-0.15, -0.1) is 16.4 Å². The van der Waals surface area contributed by atoms with E-state index in [0.29, 0.717) is 16.8 Å². The number of aromatic nitrogens is 4. The van der Waals surface area contributed by atoms with E-state index in [1.807, 2.05) is 12.1 Å². The first kappa shape index (κ1) is 18.1. The minimum Gasteiger partial charge on any atom is -0.342 e. The molecule has 9 nitrogen and oxygen atoms in total. The lowest BCUT2D eigenvalue weighted by molar-refractivity contribution is -0.141. The van der Waals surface area contributed by atoms with Crippen LogP contribution in [-0.2, 0) is 26.0 Å². The van der Waals surface area contributed by atoms with Crippen molar-refractivity contribution in [2.75, 3.05) is 19.8 Å². The maximum absolute atomic E-state index is 12.4. The van der Waals surface area contributed by atoms with Gasteiger partial charge in [0.15, 0.2) is 0 Å². The van der Waals surface area contributed by atoms with Crippen LogP contribution in [0.2, 0.25) is 0 Å². The van der Waals surface area contributed by atoms with Crippen LogP contribution in [0.4, 0.5) is 0 Å². The third-order valence-corrected chi connectivity index (χ3v) is 6.57. The van der Waals surface area contributed by atoms with Crippen LogP contribution in [0, 0.1) is 0 Å². The summed E-state index contributed by atoms with van der Waals surface area (Å²) >= 11 is 0.972. The number of amides is 1. The Balaban J connectivity index is 1.86. The molecule has 26 heavy (non-hydrogen) atoms. The number of carbonyl (C=O) groups is 2. The second-order valence-electron chi connectivity index (χ2n) is 5.76. The molecule has 0 N–H and O–H groups in total. The van der Waals surface area contributed by atoms with E-state index in [-0.39, 0.29) is 4.34 Å². The van der Waals surface area contributed by atoms with Gasteiger partial charge in [-0.05, 0) is 17.7 Å². The standard InChI is InChI=1S/C15H15N5O4S2/c1-19(2)14(22)12(21)9-26(23,24)15-17-11-4-3-10(7-13(11)25-15)8-20-6-5-16-18-20/h3-7H,8-9H2,1-2H3. The van der Waals surface area contributed by atoms with Crippen molar-refractivity contribution in [2.45, 2.75) is 10.9 Å². The lowest BCUT2D eigenvalue weighted by Crippen LogP contribution is -2.34. The van der Waals surface area contributed by atoms with Crippen LogP contribution in [0.25, 0.3) is 10.2 Å². The number of nitrogens with zero attached hydrogens (tertiary/aromatic N) is 5. The maximum Gasteiger partial charge on any atom is 0.290 e. The summed E-state index contributed by atoms with van der Waals surface area (Å²) in [5, 5.41) is 7.62. The second kappa shape index (κ2) is 6.92. The topological polar surface area (TPSA) is 115 Å². The summed E-state index contributed by atoms with van der Waals surface area (Å²) in [6.45, 7) is 0.492. The molecule has 0 aliphatic heterocycles. The Bertz CT molecular complexity index is 1070. The zero-order valence-electron chi connectivity index (χ0n) is 14.0. The number of rotatable bonds is 6. The summed E-state index contributed by atoms with van der Waals surface area (Å²) in [5.74, 6) is -2.73. The second-order valence-corrected chi connectivity index (χ2v) is 8.96. The van der Waals surface area contributed by atoms with Gasteiger partial charge in [-0.1, -0.05) is 11.3 Å². The summed E-state index contributed by atoms with van der Waals surface area (Å²) in [6, 6.07) is 5.35. The molecular weight excluding hydrogens is 378 g/mol. The summed E-state index contributed by atoms with van der Waals surface area (Å²) in [4.78, 5) is 28.6. The zero-order valence-corrected chi connectivity index (χ0v) is 15.6. The minimum atomic E-state index is -3.98. The number of fused-ring (bicyclic) bond motifs is 1. The predicted molar refractivity (Wildman–Crippen MR) is 94.5 cm³/mol. The fourth-order valence-corrected chi connectivity index (χ4v) is 4.77. The van der Waals surface area contributed by atoms with Gasteiger partial charge in [0, 0.05) is 20.3 Å². The lowest BCUT2D eigenvalue weighted by Gasteiger charge is -2.08. The third-order valence-electron chi connectivity index (χ3n) is 3.48. The van der Waals surface area contributed by atoms with Gasteiger partial charge >= 0.3 is 0 Å². The molecule has 0 bridgehead atoms. The molecular formula is C15H15N5O4S2. The van der Waals surface area contributed by atoms with Crippen molar-refractivity contribution in [1.29, 1.82) is 0 Å². The number of Topliss-reactive ketones (excluding diaryl/α,β-unsaturated/α-hetero) is 1. The number of sulfone groups is 1. The van der Waals surface area contributed by atoms with Crippen LogP contribution in [0.3, 0.4) is 0 Å². The SMILES string of the molecule is CN(C)C(=O)C(=O)CS(=O)(=O)c1nc2ccc(Cn3ccnn3)cc2s1. The third kappa shape index (κ3) is 3.78. The molecule has 0 aliphatic carbocycles. The molecule has 0 fully saturated rings. The van der Waals surface area contributed by atoms with E-state index in [1.165, 1.54) is 14.1 Å². The van der Waals surface area contributed by atoms with Crippen molar-refractivity contribution in [2.24, 2.45) is 0 Å². The molecule has 0 radical (unpaired) electrons. The molecule has 136 valence electrons. The van der Waals surface area contributed by atoms with Gasteiger partial charge in [0.1, 0.15) is 5.75 Å². The molecule has 1 amide bonds. The molecule has 2 heterocycles. The van der Waals surface area contributed by atoms with Crippen LogP contribution in [-0.4, -0.2) is 64.8 Å². The van der Waals surface area contributed by atoms with Crippen molar-refractivity contribution in [1.82, 2.24) is 24.9 Å². The Morgan fingerprint density at radius 1 is 1.27 bits per heavy atom. The summed E-state index contributed by atoms with van der Waals surface area (Å²) < 4.78 is 27.0. The smallest absolute Gasteiger partial charge is 0.290 e. The number of carbonyl (C=O) groups excluding carboxylic acids is 2. The van der Waals surface area contributed by atoms with Crippen LogP contribution in [0.15, 0.2) is 34.9 Å². The molecule has 0 unspecified atom stereocenters. The first-order valence-electron chi connectivity index (χ1n) is 7.47. The highest BCUT2D eigenvalue weighted by atomic mass is 32.2. The highest BCUT2D eigenvalue weighted by molar-refractivity contribution is 7.94. The molecule has 0 saturated heterocycles. The van der Waals surface area contributed by atoms with Crippen LogP contribution in [0.1, 0.15) is 5.56 Å². The number of likely N-dealkylation sites (N-methyl/N-ethyl adjacent to an activating group) is 1. The Hall–Kier alpha value is -2.66. The van der Waals surface area contributed by atoms with Crippen molar-refractivity contribution in [3.05, 3.63) is 36.2 Å². The minimum absolute atomic E-state index is 0.176. The number of hydrogen-bond acceptors (Lipinski definition) is 8. The van der Waals surface area contributed by atoms with Gasteiger partial charge in [0.25, 0.3) is 5.91 Å². The molecule has 1 aromatic carbocycles. The fraction of sp³-hybridized carbons (Fsp3) is 0.267. The Kier molecular flexibility index (Phi) is 4.83. The maximum atomic E-state index is 12.4. The van der Waals surface area contributed by atoms with Gasteiger partial charge in [-0.2, -0.15) is 0 Å². The van der Waals surface area contributed by atoms with Crippen LogP contribution in [0.5, 0.6) is 0 Å².